The molecule has 1 heterocycles. The van der Waals surface area contributed by atoms with Crippen LogP contribution in [-0.2, 0) is 0 Å². The number of hydrogen-bond acceptors (Lipinski definition) is 2. The van der Waals surface area contributed by atoms with Crippen LogP contribution < -0.4 is 10.7 Å². The molecule has 2 N–H and O–H groups in total. The highest BCUT2D eigenvalue weighted by molar-refractivity contribution is 7.80. The number of nitrogens with one attached hydrogen (secondary N) is 2. The molecule has 1 aliphatic heterocycles. The van der Waals surface area contributed by atoms with Gasteiger partial charge in [-0.3, -0.25) is 5.01 Å². The molecule has 0 aliphatic carbocycles. The van der Waals surface area contributed by atoms with Gasteiger partial charge < -0.3 is 5.32 Å². The molecule has 0 radical (unpaired) electrons. The van der Waals surface area contributed by atoms with Crippen molar-refractivity contribution in [1.82, 2.24) is 10.4 Å². The molecular formula is C10H13N3S. The molecule has 0 unspecified atom stereocenters. The van der Waals surface area contributed by atoms with E-state index in [1.165, 1.54) is 0 Å². The standard InChI is InChI=1S/C10H13N3S/c14-10(13-8-4-7-11-13)12-9-5-2-1-3-6-9/h1-3,5-6,11H,4,7-8H2,(H,12,14). The van der Waals surface area contributed by atoms with Gasteiger partial charge in [0.15, 0.2) is 5.11 Å². The molecule has 0 spiro atoms. The Morgan fingerprint density at radius 3 is 2.79 bits per heavy atom. The van der Waals surface area contributed by atoms with Gasteiger partial charge in [0, 0.05) is 18.8 Å². The summed E-state index contributed by atoms with van der Waals surface area (Å²) in [6.45, 7) is 2.00. The van der Waals surface area contributed by atoms with Crippen LogP contribution in [0.3, 0.4) is 0 Å². The van der Waals surface area contributed by atoms with Gasteiger partial charge in [-0.15, -0.1) is 0 Å². The lowest BCUT2D eigenvalue weighted by Gasteiger charge is -2.19. The molecular weight excluding hydrogens is 194 g/mol. The zero-order chi connectivity index (χ0) is 9.80. The van der Waals surface area contributed by atoms with E-state index in [1.54, 1.807) is 0 Å². The summed E-state index contributed by atoms with van der Waals surface area (Å²) in [7, 11) is 0. The monoisotopic (exact) mass is 207 g/mol. The zero-order valence-electron chi connectivity index (χ0n) is 7.86. The Kier molecular flexibility index (Phi) is 2.96. The second kappa shape index (κ2) is 4.39. The molecule has 1 aliphatic rings. The quantitative estimate of drug-likeness (QED) is 0.684. The third-order valence-corrected chi connectivity index (χ3v) is 2.45. The van der Waals surface area contributed by atoms with Gasteiger partial charge in [-0.1, -0.05) is 18.2 Å². The highest BCUT2D eigenvalue weighted by atomic mass is 32.1. The average molecular weight is 207 g/mol. The number of nitrogens with zero attached hydrogens (tertiary/aromatic N) is 1. The van der Waals surface area contributed by atoms with E-state index in [4.69, 9.17) is 12.2 Å². The number of thiocarbonyl (C=S) groups is 1. The molecule has 1 aromatic rings. The molecule has 3 nitrogen and oxygen atoms in total. The summed E-state index contributed by atoms with van der Waals surface area (Å²) >= 11 is 5.25. The lowest BCUT2D eigenvalue weighted by molar-refractivity contribution is 0.410. The van der Waals surface area contributed by atoms with Crippen LogP contribution in [0.15, 0.2) is 30.3 Å². The van der Waals surface area contributed by atoms with E-state index in [-0.39, 0.29) is 0 Å². The molecule has 74 valence electrons. The van der Waals surface area contributed by atoms with Gasteiger partial charge in [-0.2, -0.15) is 0 Å². The van der Waals surface area contributed by atoms with Crippen molar-refractivity contribution in [3.63, 3.8) is 0 Å². The van der Waals surface area contributed by atoms with E-state index in [2.05, 4.69) is 10.7 Å². The smallest absolute Gasteiger partial charge is 0.187 e. The van der Waals surface area contributed by atoms with Crippen molar-refractivity contribution in [1.29, 1.82) is 0 Å². The molecule has 0 aromatic heterocycles. The first kappa shape index (κ1) is 9.43. The number of benzene rings is 1. The van der Waals surface area contributed by atoms with Gasteiger partial charge in [0.2, 0.25) is 0 Å². The summed E-state index contributed by atoms with van der Waals surface area (Å²) in [5.41, 5.74) is 4.24. The van der Waals surface area contributed by atoms with E-state index in [9.17, 15) is 0 Å². The first-order chi connectivity index (χ1) is 6.86. The SMILES string of the molecule is S=C(Nc1ccccc1)N1CCCN1. The van der Waals surface area contributed by atoms with Crippen molar-refractivity contribution >= 4 is 23.0 Å². The molecule has 14 heavy (non-hydrogen) atoms. The van der Waals surface area contributed by atoms with Gasteiger partial charge >= 0.3 is 0 Å². The molecule has 0 amide bonds. The van der Waals surface area contributed by atoms with Gasteiger partial charge in [-0.25, -0.2) is 5.43 Å². The van der Waals surface area contributed by atoms with Gasteiger partial charge in [0.25, 0.3) is 0 Å². The Morgan fingerprint density at radius 2 is 2.14 bits per heavy atom. The minimum absolute atomic E-state index is 0.744. The summed E-state index contributed by atoms with van der Waals surface area (Å²) < 4.78 is 0. The predicted molar refractivity (Wildman–Crippen MR) is 62.0 cm³/mol. The molecule has 1 aromatic carbocycles. The maximum Gasteiger partial charge on any atom is 0.187 e. The van der Waals surface area contributed by atoms with E-state index in [0.717, 1.165) is 30.3 Å². The van der Waals surface area contributed by atoms with Crippen molar-refractivity contribution in [3.8, 4) is 0 Å². The van der Waals surface area contributed by atoms with Crippen LogP contribution in [0.2, 0.25) is 0 Å². The Hall–Kier alpha value is -1.13. The second-order valence-corrected chi connectivity index (χ2v) is 3.60. The predicted octanol–water partition coefficient (Wildman–Crippen LogP) is 1.59. The number of hydrogen-bond donors (Lipinski definition) is 2. The van der Waals surface area contributed by atoms with Crippen molar-refractivity contribution in [3.05, 3.63) is 30.3 Å². The fourth-order valence-electron chi connectivity index (χ4n) is 1.42. The maximum absolute atomic E-state index is 5.25. The first-order valence-electron chi connectivity index (χ1n) is 4.73. The van der Waals surface area contributed by atoms with E-state index in [1.807, 2.05) is 35.3 Å². The molecule has 1 saturated heterocycles. The summed E-state index contributed by atoms with van der Waals surface area (Å²) in [6, 6.07) is 9.97. The maximum atomic E-state index is 5.25. The third-order valence-electron chi connectivity index (χ3n) is 2.13. The molecule has 1 fully saturated rings. The number of rotatable bonds is 1. The summed E-state index contributed by atoms with van der Waals surface area (Å²) in [6.07, 6.45) is 1.15. The Morgan fingerprint density at radius 1 is 1.36 bits per heavy atom. The minimum Gasteiger partial charge on any atom is -0.332 e. The van der Waals surface area contributed by atoms with Crippen molar-refractivity contribution in [2.24, 2.45) is 0 Å². The van der Waals surface area contributed by atoms with E-state index in [0.29, 0.717) is 0 Å². The van der Waals surface area contributed by atoms with Crippen LogP contribution in [0.25, 0.3) is 0 Å². The fourth-order valence-corrected chi connectivity index (χ4v) is 1.69. The molecule has 2 rings (SSSR count). The summed E-state index contributed by atoms with van der Waals surface area (Å²) in [4.78, 5) is 0. The van der Waals surface area contributed by atoms with Crippen LogP contribution in [0.5, 0.6) is 0 Å². The summed E-state index contributed by atoms with van der Waals surface area (Å²) in [5, 5.41) is 5.90. The average Bonchev–Trinajstić information content (AvgIpc) is 2.72. The van der Waals surface area contributed by atoms with Crippen LogP contribution in [-0.4, -0.2) is 23.2 Å². The fraction of sp³-hybridized carbons (Fsp3) is 0.300. The van der Waals surface area contributed by atoms with Crippen LogP contribution >= 0.6 is 12.2 Å². The van der Waals surface area contributed by atoms with Crippen LogP contribution in [0.4, 0.5) is 5.69 Å². The second-order valence-electron chi connectivity index (χ2n) is 3.21. The first-order valence-corrected chi connectivity index (χ1v) is 5.14. The largest absolute Gasteiger partial charge is 0.332 e. The number of hydrazine groups is 1. The Balaban J connectivity index is 1.94. The topological polar surface area (TPSA) is 27.3 Å². The minimum atomic E-state index is 0.744. The van der Waals surface area contributed by atoms with Crippen molar-refractivity contribution in [2.45, 2.75) is 6.42 Å². The van der Waals surface area contributed by atoms with Gasteiger partial charge in [0.05, 0.1) is 0 Å². The van der Waals surface area contributed by atoms with Crippen LogP contribution in [0, 0.1) is 0 Å². The van der Waals surface area contributed by atoms with Crippen molar-refractivity contribution in [2.75, 3.05) is 18.4 Å². The van der Waals surface area contributed by atoms with Crippen molar-refractivity contribution < 1.29 is 0 Å². The lowest BCUT2D eigenvalue weighted by atomic mass is 10.3. The third kappa shape index (κ3) is 2.21. The lowest BCUT2D eigenvalue weighted by Crippen LogP contribution is -2.39. The zero-order valence-corrected chi connectivity index (χ0v) is 8.68. The van der Waals surface area contributed by atoms with Gasteiger partial charge in [0.1, 0.15) is 0 Å². The molecule has 0 bridgehead atoms. The molecule has 0 atom stereocenters. The highest BCUT2D eigenvalue weighted by Gasteiger charge is 2.13. The van der Waals surface area contributed by atoms with E-state index >= 15 is 0 Å². The van der Waals surface area contributed by atoms with Gasteiger partial charge in [-0.05, 0) is 30.8 Å². The number of anilines is 1. The molecule has 4 heteroatoms. The Bertz CT molecular complexity index is 306. The molecule has 0 saturated carbocycles. The Labute approximate surface area is 89.1 Å². The summed E-state index contributed by atoms with van der Waals surface area (Å²) in [5.74, 6) is 0. The highest BCUT2D eigenvalue weighted by Crippen LogP contribution is 2.07. The van der Waals surface area contributed by atoms with E-state index < -0.39 is 0 Å². The normalized spacial score (nSPS) is 15.6. The van der Waals surface area contributed by atoms with Crippen LogP contribution in [0.1, 0.15) is 6.42 Å². The number of para-hydroxylation sites is 1.